The van der Waals surface area contributed by atoms with E-state index in [9.17, 15) is 0 Å². The molecule has 0 spiro atoms. The largest absolute Gasteiger partial charge is 0.492 e. The van der Waals surface area contributed by atoms with E-state index in [2.05, 4.69) is 10.1 Å². The van der Waals surface area contributed by atoms with Crippen molar-refractivity contribution in [1.82, 2.24) is 14.6 Å². The lowest BCUT2D eigenvalue weighted by Gasteiger charge is -2.07. The number of benzene rings is 1. The summed E-state index contributed by atoms with van der Waals surface area (Å²) < 4.78 is 7.11. The van der Waals surface area contributed by atoms with Crippen LogP contribution in [0, 0.1) is 6.92 Å². The maximum Gasteiger partial charge on any atom is 0.182 e. The van der Waals surface area contributed by atoms with Gasteiger partial charge in [0.15, 0.2) is 11.5 Å². The summed E-state index contributed by atoms with van der Waals surface area (Å²) in [4.78, 5) is 4.46. The third kappa shape index (κ3) is 2.52. The van der Waals surface area contributed by atoms with Crippen LogP contribution >= 0.6 is 11.6 Å². The molecule has 0 unspecified atom stereocenters. The van der Waals surface area contributed by atoms with Crippen LogP contribution < -0.4 is 10.5 Å². The van der Waals surface area contributed by atoms with Crippen LogP contribution in [0.4, 0.5) is 5.69 Å². The van der Waals surface area contributed by atoms with Crippen molar-refractivity contribution in [2.75, 3.05) is 12.3 Å². The van der Waals surface area contributed by atoms with Crippen molar-refractivity contribution in [3.63, 3.8) is 0 Å². The first-order valence-corrected chi connectivity index (χ1v) is 7.01. The van der Waals surface area contributed by atoms with Crippen LogP contribution in [0.1, 0.15) is 12.5 Å². The van der Waals surface area contributed by atoms with E-state index in [0.29, 0.717) is 34.5 Å². The molecule has 0 aliphatic heterocycles. The normalized spacial score (nSPS) is 11.0. The molecule has 0 saturated carbocycles. The number of anilines is 1. The van der Waals surface area contributed by atoms with Crippen LogP contribution in [-0.2, 0) is 0 Å². The molecule has 6 heteroatoms. The quantitative estimate of drug-likeness (QED) is 0.754. The zero-order valence-electron chi connectivity index (χ0n) is 11.8. The summed E-state index contributed by atoms with van der Waals surface area (Å²) >= 11 is 6.19. The van der Waals surface area contributed by atoms with Gasteiger partial charge in [-0.25, -0.2) is 9.50 Å². The Balaban J connectivity index is 2.08. The van der Waals surface area contributed by atoms with Crippen LogP contribution in [0.5, 0.6) is 5.75 Å². The minimum Gasteiger partial charge on any atom is -0.492 e. The number of hydrogen-bond donors (Lipinski definition) is 1. The average Bonchev–Trinajstić information content (AvgIpc) is 2.85. The minimum absolute atomic E-state index is 0.565. The monoisotopic (exact) mass is 302 g/mol. The van der Waals surface area contributed by atoms with Gasteiger partial charge in [-0.3, -0.25) is 0 Å². The molecule has 21 heavy (non-hydrogen) atoms. The second kappa shape index (κ2) is 5.26. The molecule has 108 valence electrons. The standard InChI is InChI=1S/C15H15ClN4O/c1-3-21-13-5-4-10(7-12(13)17)14-18-15-11(16)6-9(2)8-20(15)19-14/h4-8H,3,17H2,1-2H3. The molecular formula is C15H15ClN4O. The zero-order valence-corrected chi connectivity index (χ0v) is 12.6. The number of nitrogens with two attached hydrogens (primary N) is 1. The number of rotatable bonds is 3. The van der Waals surface area contributed by atoms with Crippen LogP contribution in [0.3, 0.4) is 0 Å². The number of nitrogen functional groups attached to an aromatic ring is 1. The molecule has 0 saturated heterocycles. The summed E-state index contributed by atoms with van der Waals surface area (Å²) in [6.07, 6.45) is 1.88. The summed E-state index contributed by atoms with van der Waals surface area (Å²) in [6.45, 7) is 4.45. The van der Waals surface area contributed by atoms with Crippen molar-refractivity contribution < 1.29 is 4.74 Å². The minimum atomic E-state index is 0.565. The Hall–Kier alpha value is -2.27. The van der Waals surface area contributed by atoms with E-state index in [4.69, 9.17) is 22.1 Å². The van der Waals surface area contributed by atoms with Gasteiger partial charge in [-0.05, 0) is 43.7 Å². The number of fused-ring (bicyclic) bond motifs is 1. The van der Waals surface area contributed by atoms with E-state index in [0.717, 1.165) is 11.1 Å². The highest BCUT2D eigenvalue weighted by atomic mass is 35.5. The van der Waals surface area contributed by atoms with Gasteiger partial charge in [-0.2, -0.15) is 0 Å². The van der Waals surface area contributed by atoms with E-state index in [1.54, 1.807) is 10.6 Å². The summed E-state index contributed by atoms with van der Waals surface area (Å²) in [6, 6.07) is 7.38. The molecule has 0 radical (unpaired) electrons. The molecule has 3 rings (SSSR count). The predicted molar refractivity (Wildman–Crippen MR) is 83.8 cm³/mol. The van der Waals surface area contributed by atoms with E-state index >= 15 is 0 Å². The molecular weight excluding hydrogens is 288 g/mol. The molecule has 0 aliphatic carbocycles. The fourth-order valence-corrected chi connectivity index (χ4v) is 2.47. The first-order valence-electron chi connectivity index (χ1n) is 6.63. The molecule has 3 aromatic rings. The van der Waals surface area contributed by atoms with Gasteiger partial charge in [0.1, 0.15) is 5.75 Å². The molecule has 5 nitrogen and oxygen atoms in total. The lowest BCUT2D eigenvalue weighted by atomic mass is 10.2. The fourth-order valence-electron chi connectivity index (χ4n) is 2.17. The van der Waals surface area contributed by atoms with E-state index in [-0.39, 0.29) is 0 Å². The second-order valence-electron chi connectivity index (χ2n) is 4.75. The van der Waals surface area contributed by atoms with Crippen molar-refractivity contribution in [1.29, 1.82) is 0 Å². The highest BCUT2D eigenvalue weighted by Crippen LogP contribution is 2.28. The Labute approximate surface area is 127 Å². The Kier molecular flexibility index (Phi) is 3.43. The Morgan fingerprint density at radius 2 is 2.14 bits per heavy atom. The molecule has 1 aromatic carbocycles. The molecule has 2 N–H and O–H groups in total. The highest BCUT2D eigenvalue weighted by molar-refractivity contribution is 6.33. The molecule has 0 atom stereocenters. The highest BCUT2D eigenvalue weighted by Gasteiger charge is 2.11. The molecule has 2 heterocycles. The van der Waals surface area contributed by atoms with E-state index in [1.807, 2.05) is 38.2 Å². The number of hydrogen-bond acceptors (Lipinski definition) is 4. The van der Waals surface area contributed by atoms with Gasteiger partial charge in [-0.1, -0.05) is 11.6 Å². The third-order valence-electron chi connectivity index (χ3n) is 3.09. The number of halogens is 1. The zero-order chi connectivity index (χ0) is 15.0. The van der Waals surface area contributed by atoms with Crippen LogP contribution in [0.25, 0.3) is 17.0 Å². The van der Waals surface area contributed by atoms with Gasteiger partial charge >= 0.3 is 0 Å². The van der Waals surface area contributed by atoms with Crippen molar-refractivity contribution >= 4 is 22.9 Å². The van der Waals surface area contributed by atoms with Crippen LogP contribution in [0.15, 0.2) is 30.5 Å². The molecule has 0 amide bonds. The van der Waals surface area contributed by atoms with Crippen molar-refractivity contribution in [3.05, 3.63) is 41.0 Å². The second-order valence-corrected chi connectivity index (χ2v) is 5.16. The topological polar surface area (TPSA) is 65.4 Å². The Bertz CT molecular complexity index is 813. The first kappa shape index (κ1) is 13.7. The number of ether oxygens (including phenoxy) is 1. The van der Waals surface area contributed by atoms with Gasteiger partial charge in [0, 0.05) is 11.8 Å². The van der Waals surface area contributed by atoms with Crippen molar-refractivity contribution in [3.8, 4) is 17.1 Å². The van der Waals surface area contributed by atoms with Crippen LogP contribution in [-0.4, -0.2) is 21.2 Å². The van der Waals surface area contributed by atoms with Crippen molar-refractivity contribution in [2.45, 2.75) is 13.8 Å². The average molecular weight is 303 g/mol. The summed E-state index contributed by atoms with van der Waals surface area (Å²) in [5, 5.41) is 5.02. The van der Waals surface area contributed by atoms with Gasteiger partial charge < -0.3 is 10.5 Å². The number of pyridine rings is 1. The lowest BCUT2D eigenvalue weighted by molar-refractivity contribution is 0.342. The van der Waals surface area contributed by atoms with Gasteiger partial charge in [0.25, 0.3) is 0 Å². The van der Waals surface area contributed by atoms with Gasteiger partial charge in [-0.15, -0.1) is 5.10 Å². The molecule has 0 fully saturated rings. The van der Waals surface area contributed by atoms with Gasteiger partial charge in [0.05, 0.1) is 17.3 Å². The van der Waals surface area contributed by atoms with Gasteiger partial charge in [0.2, 0.25) is 0 Å². The number of aryl methyl sites for hydroxylation is 1. The number of aromatic nitrogens is 3. The maximum absolute atomic E-state index is 6.19. The number of nitrogens with zero attached hydrogens (tertiary/aromatic N) is 3. The van der Waals surface area contributed by atoms with E-state index in [1.165, 1.54) is 0 Å². The Morgan fingerprint density at radius 3 is 2.86 bits per heavy atom. The molecule has 2 aromatic heterocycles. The van der Waals surface area contributed by atoms with Crippen molar-refractivity contribution in [2.24, 2.45) is 0 Å². The summed E-state index contributed by atoms with van der Waals surface area (Å²) in [5.74, 6) is 1.25. The lowest BCUT2D eigenvalue weighted by Crippen LogP contribution is -1.97. The molecule has 0 bridgehead atoms. The fraction of sp³-hybridized carbons (Fsp3) is 0.200. The van der Waals surface area contributed by atoms with Crippen LogP contribution in [0.2, 0.25) is 5.02 Å². The SMILES string of the molecule is CCOc1ccc(-c2nc3c(Cl)cc(C)cn3n2)cc1N. The molecule has 0 aliphatic rings. The summed E-state index contributed by atoms with van der Waals surface area (Å²) in [5.41, 5.74) is 9.02. The summed E-state index contributed by atoms with van der Waals surface area (Å²) in [7, 11) is 0. The first-order chi connectivity index (χ1) is 10.1. The van der Waals surface area contributed by atoms with E-state index < -0.39 is 0 Å². The third-order valence-corrected chi connectivity index (χ3v) is 3.37. The maximum atomic E-state index is 6.19. The smallest absolute Gasteiger partial charge is 0.182 e. The predicted octanol–water partition coefficient (Wildman–Crippen LogP) is 3.34. The Morgan fingerprint density at radius 1 is 1.33 bits per heavy atom.